The molecule has 1 aliphatic carbocycles. The summed E-state index contributed by atoms with van der Waals surface area (Å²) in [6, 6.07) is 17.1. The molecule has 2 aromatic rings. The average Bonchev–Trinajstić information content (AvgIpc) is 2.76. The van der Waals surface area contributed by atoms with E-state index in [-0.39, 0.29) is 5.78 Å². The Balaban J connectivity index is 1.50. The molecule has 1 fully saturated rings. The number of hydrogen-bond donors (Lipinski definition) is 0. The van der Waals surface area contributed by atoms with Crippen LogP contribution in [0.4, 0.5) is 0 Å². The van der Waals surface area contributed by atoms with Crippen molar-refractivity contribution in [1.29, 1.82) is 0 Å². The lowest BCUT2D eigenvalue weighted by Gasteiger charge is -2.29. The van der Waals surface area contributed by atoms with Gasteiger partial charge in [-0.15, -0.1) is 0 Å². The number of aryl methyl sites for hydroxylation is 1. The first-order chi connectivity index (χ1) is 14.2. The molecule has 0 radical (unpaired) electrons. The Bertz CT molecular complexity index is 733. The molecule has 2 aromatic carbocycles. The first-order valence-electron chi connectivity index (χ1n) is 11.9. The first-order valence-corrected chi connectivity index (χ1v) is 11.9. The Morgan fingerprint density at radius 3 is 2.07 bits per heavy atom. The molecule has 29 heavy (non-hydrogen) atoms. The Kier molecular flexibility index (Phi) is 8.52. The lowest BCUT2D eigenvalue weighted by Crippen LogP contribution is -2.13. The van der Waals surface area contributed by atoms with Gasteiger partial charge in [0.2, 0.25) is 0 Å². The van der Waals surface area contributed by atoms with E-state index < -0.39 is 0 Å². The van der Waals surface area contributed by atoms with E-state index in [1.807, 2.05) is 0 Å². The SMILES string of the molecule is CCCCC[C@H]1CC[C@H](c2ccc(C(=O)Cc3ccc(CCC)cc3)cc2)CC1. The zero-order valence-electron chi connectivity index (χ0n) is 18.5. The maximum Gasteiger partial charge on any atom is 0.167 e. The van der Waals surface area contributed by atoms with Gasteiger partial charge in [0.15, 0.2) is 5.78 Å². The molecule has 1 saturated carbocycles. The smallest absolute Gasteiger partial charge is 0.167 e. The highest BCUT2D eigenvalue weighted by atomic mass is 16.1. The van der Waals surface area contributed by atoms with E-state index in [0.717, 1.165) is 29.9 Å². The van der Waals surface area contributed by atoms with Crippen LogP contribution in [-0.2, 0) is 12.8 Å². The molecule has 1 aliphatic rings. The van der Waals surface area contributed by atoms with Crippen molar-refractivity contribution in [3.8, 4) is 0 Å². The van der Waals surface area contributed by atoms with Gasteiger partial charge in [0.05, 0.1) is 0 Å². The molecule has 156 valence electrons. The van der Waals surface area contributed by atoms with Crippen LogP contribution in [0.5, 0.6) is 0 Å². The fraction of sp³-hybridized carbons (Fsp3) is 0.536. The highest BCUT2D eigenvalue weighted by Crippen LogP contribution is 2.37. The van der Waals surface area contributed by atoms with Crippen LogP contribution in [-0.4, -0.2) is 5.78 Å². The van der Waals surface area contributed by atoms with E-state index in [9.17, 15) is 4.79 Å². The van der Waals surface area contributed by atoms with Crippen molar-refractivity contribution >= 4 is 5.78 Å². The number of rotatable bonds is 10. The standard InChI is InChI=1S/C28H38O/c1-3-5-6-8-23-13-15-25(16-14-23)26-17-19-27(20-18-26)28(29)21-24-11-9-22(7-4-2)10-12-24/h9-12,17-20,23,25H,3-8,13-16,21H2,1-2H3/t23-,25-. The number of ketones is 1. The molecule has 0 unspecified atom stereocenters. The summed E-state index contributed by atoms with van der Waals surface area (Å²) in [4.78, 5) is 12.7. The summed E-state index contributed by atoms with van der Waals surface area (Å²) >= 11 is 0. The van der Waals surface area contributed by atoms with Crippen LogP contribution in [0, 0.1) is 5.92 Å². The minimum Gasteiger partial charge on any atom is -0.294 e. The summed E-state index contributed by atoms with van der Waals surface area (Å²) in [6.07, 6.45) is 13.7. The van der Waals surface area contributed by atoms with Crippen molar-refractivity contribution in [2.75, 3.05) is 0 Å². The zero-order chi connectivity index (χ0) is 20.5. The van der Waals surface area contributed by atoms with Crippen LogP contribution in [0.2, 0.25) is 0 Å². The second kappa shape index (κ2) is 11.3. The van der Waals surface area contributed by atoms with Crippen LogP contribution in [0.1, 0.15) is 105 Å². The van der Waals surface area contributed by atoms with Gasteiger partial charge in [-0.05, 0) is 60.6 Å². The second-order valence-corrected chi connectivity index (χ2v) is 9.00. The largest absolute Gasteiger partial charge is 0.294 e. The van der Waals surface area contributed by atoms with Crippen molar-refractivity contribution < 1.29 is 4.79 Å². The summed E-state index contributed by atoms with van der Waals surface area (Å²) in [7, 11) is 0. The summed E-state index contributed by atoms with van der Waals surface area (Å²) in [5.41, 5.74) is 4.74. The van der Waals surface area contributed by atoms with Gasteiger partial charge in [-0.25, -0.2) is 0 Å². The van der Waals surface area contributed by atoms with Crippen molar-refractivity contribution in [3.05, 3.63) is 70.8 Å². The monoisotopic (exact) mass is 390 g/mol. The predicted molar refractivity (Wildman–Crippen MR) is 124 cm³/mol. The summed E-state index contributed by atoms with van der Waals surface area (Å²) in [6.45, 7) is 4.48. The Labute approximate surface area is 177 Å². The number of hydrogen-bond acceptors (Lipinski definition) is 1. The van der Waals surface area contributed by atoms with E-state index in [1.165, 1.54) is 62.5 Å². The molecule has 0 amide bonds. The third kappa shape index (κ3) is 6.56. The van der Waals surface area contributed by atoms with Crippen LogP contribution in [0.15, 0.2) is 48.5 Å². The van der Waals surface area contributed by atoms with Crippen LogP contribution in [0.3, 0.4) is 0 Å². The zero-order valence-corrected chi connectivity index (χ0v) is 18.5. The maximum atomic E-state index is 12.7. The van der Waals surface area contributed by atoms with Crippen molar-refractivity contribution in [3.63, 3.8) is 0 Å². The Morgan fingerprint density at radius 2 is 1.45 bits per heavy atom. The number of carbonyl (C=O) groups is 1. The molecule has 0 aliphatic heterocycles. The van der Waals surface area contributed by atoms with Gasteiger partial charge < -0.3 is 0 Å². The number of carbonyl (C=O) groups excluding carboxylic acids is 1. The Morgan fingerprint density at radius 1 is 0.793 bits per heavy atom. The third-order valence-corrected chi connectivity index (χ3v) is 6.69. The van der Waals surface area contributed by atoms with Gasteiger partial charge in [-0.2, -0.15) is 0 Å². The molecule has 0 saturated heterocycles. The maximum absolute atomic E-state index is 12.7. The van der Waals surface area contributed by atoms with Crippen molar-refractivity contribution in [1.82, 2.24) is 0 Å². The lowest BCUT2D eigenvalue weighted by molar-refractivity contribution is 0.0993. The third-order valence-electron chi connectivity index (χ3n) is 6.69. The van der Waals surface area contributed by atoms with Gasteiger partial charge in [0.25, 0.3) is 0 Å². The van der Waals surface area contributed by atoms with Gasteiger partial charge in [-0.3, -0.25) is 4.79 Å². The molecular formula is C28H38O. The van der Waals surface area contributed by atoms with Crippen LogP contribution < -0.4 is 0 Å². The topological polar surface area (TPSA) is 17.1 Å². The molecule has 3 rings (SSSR count). The van der Waals surface area contributed by atoms with Gasteiger partial charge in [0.1, 0.15) is 0 Å². The number of benzene rings is 2. The summed E-state index contributed by atoms with van der Waals surface area (Å²) in [5.74, 6) is 1.86. The normalized spacial score (nSPS) is 19.2. The highest BCUT2D eigenvalue weighted by Gasteiger charge is 2.22. The van der Waals surface area contributed by atoms with Gasteiger partial charge in [-0.1, -0.05) is 94.5 Å². The molecular weight excluding hydrogens is 352 g/mol. The number of unbranched alkanes of at least 4 members (excludes halogenated alkanes) is 2. The van der Waals surface area contributed by atoms with Gasteiger partial charge in [0, 0.05) is 12.0 Å². The summed E-state index contributed by atoms with van der Waals surface area (Å²) in [5, 5.41) is 0. The van der Waals surface area contributed by atoms with E-state index in [2.05, 4.69) is 62.4 Å². The van der Waals surface area contributed by atoms with Crippen LogP contribution in [0.25, 0.3) is 0 Å². The van der Waals surface area contributed by atoms with E-state index in [1.54, 1.807) is 0 Å². The molecule has 0 heterocycles. The molecule has 1 heteroatoms. The minimum absolute atomic E-state index is 0.222. The van der Waals surface area contributed by atoms with Gasteiger partial charge >= 0.3 is 0 Å². The van der Waals surface area contributed by atoms with Crippen LogP contribution >= 0.6 is 0 Å². The average molecular weight is 391 g/mol. The molecule has 0 atom stereocenters. The van der Waals surface area contributed by atoms with Crippen molar-refractivity contribution in [2.24, 2.45) is 5.92 Å². The first kappa shape index (κ1) is 21.8. The molecule has 0 N–H and O–H groups in total. The highest BCUT2D eigenvalue weighted by molar-refractivity contribution is 5.97. The lowest BCUT2D eigenvalue weighted by atomic mass is 9.77. The number of Topliss-reactive ketones (excluding diaryl/α,β-unsaturated/α-hetero) is 1. The molecule has 0 aromatic heterocycles. The summed E-state index contributed by atoms with van der Waals surface area (Å²) < 4.78 is 0. The molecule has 1 nitrogen and oxygen atoms in total. The molecule has 0 bridgehead atoms. The fourth-order valence-corrected chi connectivity index (χ4v) is 4.81. The van der Waals surface area contributed by atoms with E-state index in [0.29, 0.717) is 12.3 Å². The quantitative estimate of drug-likeness (QED) is 0.297. The second-order valence-electron chi connectivity index (χ2n) is 9.00. The molecule has 0 spiro atoms. The fourth-order valence-electron chi connectivity index (χ4n) is 4.81. The Hall–Kier alpha value is -1.89. The van der Waals surface area contributed by atoms with E-state index in [4.69, 9.17) is 0 Å². The van der Waals surface area contributed by atoms with E-state index >= 15 is 0 Å². The minimum atomic E-state index is 0.222. The van der Waals surface area contributed by atoms with Crippen molar-refractivity contribution in [2.45, 2.75) is 90.4 Å². The predicted octanol–water partition coefficient (Wildman–Crippen LogP) is 7.92.